The molecule has 0 bridgehead atoms. The zero-order chi connectivity index (χ0) is 9.52. The van der Waals surface area contributed by atoms with Gasteiger partial charge >= 0.3 is 0 Å². The average molecular weight is 203 g/mol. The van der Waals surface area contributed by atoms with Crippen LogP contribution in [0.1, 0.15) is 19.3 Å². The van der Waals surface area contributed by atoms with Gasteiger partial charge in [0.1, 0.15) is 0 Å². The van der Waals surface area contributed by atoms with E-state index in [1.54, 1.807) is 0 Å². The SMILES string of the molecule is O=C(CS)NCCCOCC1CC1. The van der Waals surface area contributed by atoms with Crippen molar-refractivity contribution in [3.05, 3.63) is 0 Å². The fourth-order valence-corrected chi connectivity index (χ4v) is 1.10. The Labute approximate surface area is 84.6 Å². The van der Waals surface area contributed by atoms with Crippen molar-refractivity contribution < 1.29 is 9.53 Å². The Kier molecular flexibility index (Phi) is 5.23. The minimum absolute atomic E-state index is 0.00877. The zero-order valence-corrected chi connectivity index (χ0v) is 8.69. The summed E-state index contributed by atoms with van der Waals surface area (Å²) < 4.78 is 5.40. The summed E-state index contributed by atoms with van der Waals surface area (Å²) in [7, 11) is 0. The van der Waals surface area contributed by atoms with Gasteiger partial charge in [-0.25, -0.2) is 0 Å². The molecule has 1 N–H and O–H groups in total. The van der Waals surface area contributed by atoms with E-state index < -0.39 is 0 Å². The molecule has 0 unspecified atom stereocenters. The van der Waals surface area contributed by atoms with Crippen molar-refractivity contribution in [3.8, 4) is 0 Å². The molecule has 1 saturated carbocycles. The number of amides is 1. The third-order valence-corrected chi connectivity index (χ3v) is 2.27. The smallest absolute Gasteiger partial charge is 0.229 e. The van der Waals surface area contributed by atoms with E-state index in [-0.39, 0.29) is 11.7 Å². The third-order valence-electron chi connectivity index (χ3n) is 1.98. The molecular formula is C9H17NO2S. The first-order valence-corrected chi connectivity index (χ1v) is 5.41. The molecule has 0 saturated heterocycles. The highest BCUT2D eigenvalue weighted by Crippen LogP contribution is 2.28. The second kappa shape index (κ2) is 6.27. The normalized spacial score (nSPS) is 15.8. The van der Waals surface area contributed by atoms with Crippen LogP contribution in [0.2, 0.25) is 0 Å². The molecule has 0 atom stereocenters. The highest BCUT2D eigenvalue weighted by molar-refractivity contribution is 7.81. The number of hydrogen-bond acceptors (Lipinski definition) is 3. The van der Waals surface area contributed by atoms with Crippen LogP contribution in [0.15, 0.2) is 0 Å². The van der Waals surface area contributed by atoms with Crippen LogP contribution in [-0.2, 0) is 9.53 Å². The van der Waals surface area contributed by atoms with Gasteiger partial charge in [-0.1, -0.05) is 0 Å². The monoisotopic (exact) mass is 203 g/mol. The van der Waals surface area contributed by atoms with Gasteiger partial charge in [-0.3, -0.25) is 4.79 Å². The predicted molar refractivity (Wildman–Crippen MR) is 55.0 cm³/mol. The first kappa shape index (κ1) is 10.9. The molecule has 0 aromatic heterocycles. The van der Waals surface area contributed by atoms with Crippen molar-refractivity contribution in [2.24, 2.45) is 5.92 Å². The molecule has 1 aliphatic carbocycles. The molecule has 0 aromatic rings. The van der Waals surface area contributed by atoms with E-state index in [2.05, 4.69) is 17.9 Å². The summed E-state index contributed by atoms with van der Waals surface area (Å²) in [5.41, 5.74) is 0. The molecule has 1 aliphatic rings. The summed E-state index contributed by atoms with van der Waals surface area (Å²) in [5.74, 6) is 1.08. The van der Waals surface area contributed by atoms with Crippen LogP contribution in [-0.4, -0.2) is 31.4 Å². The number of hydrogen-bond donors (Lipinski definition) is 2. The lowest BCUT2D eigenvalue weighted by Crippen LogP contribution is -2.26. The van der Waals surface area contributed by atoms with E-state index in [1.807, 2.05) is 0 Å². The average Bonchev–Trinajstić information content (AvgIpc) is 2.94. The topological polar surface area (TPSA) is 38.3 Å². The van der Waals surface area contributed by atoms with E-state index in [4.69, 9.17) is 4.74 Å². The van der Waals surface area contributed by atoms with Gasteiger partial charge < -0.3 is 10.1 Å². The van der Waals surface area contributed by atoms with Crippen LogP contribution >= 0.6 is 12.6 Å². The van der Waals surface area contributed by atoms with Crippen LogP contribution in [0.25, 0.3) is 0 Å². The summed E-state index contributed by atoms with van der Waals surface area (Å²) in [5, 5.41) is 2.74. The number of ether oxygens (including phenoxy) is 1. The molecule has 1 amide bonds. The summed E-state index contributed by atoms with van der Waals surface area (Å²) in [4.78, 5) is 10.7. The number of carbonyl (C=O) groups excluding carboxylic acids is 1. The van der Waals surface area contributed by atoms with Gasteiger partial charge in [0.25, 0.3) is 0 Å². The molecule has 1 fully saturated rings. The van der Waals surface area contributed by atoms with Crippen molar-refractivity contribution in [1.82, 2.24) is 5.32 Å². The van der Waals surface area contributed by atoms with Crippen molar-refractivity contribution in [1.29, 1.82) is 0 Å². The molecule has 0 radical (unpaired) electrons. The summed E-state index contributed by atoms with van der Waals surface area (Å²) >= 11 is 3.85. The Morgan fingerprint density at radius 1 is 1.54 bits per heavy atom. The molecule has 0 aliphatic heterocycles. The van der Waals surface area contributed by atoms with Gasteiger partial charge in [0.15, 0.2) is 0 Å². The minimum atomic E-state index is -0.00877. The fourth-order valence-electron chi connectivity index (χ4n) is 0.992. The van der Waals surface area contributed by atoms with Crippen molar-refractivity contribution in [2.75, 3.05) is 25.5 Å². The highest BCUT2D eigenvalue weighted by Gasteiger charge is 2.20. The fraction of sp³-hybridized carbons (Fsp3) is 0.889. The Morgan fingerprint density at radius 3 is 2.92 bits per heavy atom. The van der Waals surface area contributed by atoms with Crippen molar-refractivity contribution in [3.63, 3.8) is 0 Å². The predicted octanol–water partition coefficient (Wildman–Crippen LogP) is 0.849. The first-order chi connectivity index (χ1) is 6.33. The van der Waals surface area contributed by atoms with Gasteiger partial charge in [-0.2, -0.15) is 12.6 Å². The van der Waals surface area contributed by atoms with Crippen LogP contribution < -0.4 is 5.32 Å². The zero-order valence-electron chi connectivity index (χ0n) is 7.79. The molecule has 1 rings (SSSR count). The van der Waals surface area contributed by atoms with E-state index in [9.17, 15) is 4.79 Å². The second-order valence-corrected chi connectivity index (χ2v) is 3.70. The van der Waals surface area contributed by atoms with Crippen molar-refractivity contribution in [2.45, 2.75) is 19.3 Å². The summed E-state index contributed by atoms with van der Waals surface area (Å²) in [6.07, 6.45) is 3.55. The maximum absolute atomic E-state index is 10.7. The Bertz CT molecular complexity index is 160. The minimum Gasteiger partial charge on any atom is -0.381 e. The lowest BCUT2D eigenvalue weighted by atomic mass is 10.4. The van der Waals surface area contributed by atoms with E-state index in [0.717, 1.165) is 25.6 Å². The molecule has 0 aromatic carbocycles. The largest absolute Gasteiger partial charge is 0.381 e. The maximum Gasteiger partial charge on any atom is 0.229 e. The lowest BCUT2D eigenvalue weighted by molar-refractivity contribution is -0.118. The summed E-state index contributed by atoms with van der Waals surface area (Å²) in [6.45, 7) is 2.36. The van der Waals surface area contributed by atoms with Crippen molar-refractivity contribution >= 4 is 18.5 Å². The van der Waals surface area contributed by atoms with Gasteiger partial charge in [0, 0.05) is 19.8 Å². The van der Waals surface area contributed by atoms with Gasteiger partial charge in [0.2, 0.25) is 5.91 Å². The van der Waals surface area contributed by atoms with E-state index in [1.165, 1.54) is 12.8 Å². The molecule has 13 heavy (non-hydrogen) atoms. The van der Waals surface area contributed by atoms with Crippen LogP contribution in [0.3, 0.4) is 0 Å². The summed E-state index contributed by atoms with van der Waals surface area (Å²) in [6, 6.07) is 0. The Morgan fingerprint density at radius 2 is 2.31 bits per heavy atom. The first-order valence-electron chi connectivity index (χ1n) is 4.78. The number of nitrogens with one attached hydrogen (secondary N) is 1. The van der Waals surface area contributed by atoms with E-state index >= 15 is 0 Å². The Balaban J connectivity index is 1.75. The van der Waals surface area contributed by atoms with Gasteiger partial charge in [0.05, 0.1) is 5.75 Å². The number of rotatable bonds is 7. The van der Waals surface area contributed by atoms with Gasteiger partial charge in [-0.15, -0.1) is 0 Å². The lowest BCUT2D eigenvalue weighted by Gasteiger charge is -2.04. The third kappa shape index (κ3) is 5.93. The highest BCUT2D eigenvalue weighted by atomic mass is 32.1. The van der Waals surface area contributed by atoms with E-state index in [0.29, 0.717) is 6.54 Å². The quantitative estimate of drug-likeness (QED) is 0.475. The molecular weight excluding hydrogens is 186 g/mol. The molecule has 4 heteroatoms. The Hall–Kier alpha value is -0.220. The number of carbonyl (C=O) groups is 1. The molecule has 3 nitrogen and oxygen atoms in total. The molecule has 0 spiro atoms. The van der Waals surface area contributed by atoms with Crippen LogP contribution in [0.4, 0.5) is 0 Å². The second-order valence-electron chi connectivity index (χ2n) is 3.38. The van der Waals surface area contributed by atoms with Crippen LogP contribution in [0.5, 0.6) is 0 Å². The van der Waals surface area contributed by atoms with Gasteiger partial charge in [-0.05, 0) is 25.2 Å². The molecule has 0 heterocycles. The maximum atomic E-state index is 10.7. The number of thiol groups is 1. The molecule has 76 valence electrons. The standard InChI is InChI=1S/C9H17NO2S/c11-9(7-13)10-4-1-5-12-6-8-2-3-8/h8,13H,1-7H2,(H,10,11). The van der Waals surface area contributed by atoms with Crippen LogP contribution in [0, 0.1) is 5.92 Å².